The van der Waals surface area contributed by atoms with Crippen molar-refractivity contribution in [2.75, 3.05) is 0 Å². The van der Waals surface area contributed by atoms with Gasteiger partial charge in [-0.2, -0.15) is 0 Å². The van der Waals surface area contributed by atoms with Gasteiger partial charge in [0.15, 0.2) is 5.43 Å². The number of furan rings is 1. The molecule has 0 amide bonds. The van der Waals surface area contributed by atoms with Gasteiger partial charge in [0.25, 0.3) is 0 Å². The molecule has 30 heavy (non-hydrogen) atoms. The topological polar surface area (TPSA) is 46.0 Å². The summed E-state index contributed by atoms with van der Waals surface area (Å²) in [7, 11) is 0. The lowest BCUT2D eigenvalue weighted by atomic mass is 9.97. The molecular formula is C27H17NO2. The van der Waals surface area contributed by atoms with E-state index in [0.29, 0.717) is 5.39 Å². The molecule has 0 aliphatic heterocycles. The first-order valence-electron chi connectivity index (χ1n) is 9.91. The van der Waals surface area contributed by atoms with Crippen LogP contribution in [0.4, 0.5) is 0 Å². The summed E-state index contributed by atoms with van der Waals surface area (Å²) in [5, 5.41) is 2.95. The number of rotatable bonds is 2. The van der Waals surface area contributed by atoms with E-state index in [1.807, 2.05) is 36.4 Å². The molecule has 4 aromatic carbocycles. The van der Waals surface area contributed by atoms with Crippen LogP contribution in [-0.2, 0) is 0 Å². The summed E-state index contributed by atoms with van der Waals surface area (Å²) in [6.45, 7) is 0. The van der Waals surface area contributed by atoms with Crippen molar-refractivity contribution in [1.82, 2.24) is 4.98 Å². The van der Waals surface area contributed by atoms with Crippen LogP contribution in [0.2, 0.25) is 0 Å². The van der Waals surface area contributed by atoms with E-state index in [-0.39, 0.29) is 5.43 Å². The van der Waals surface area contributed by atoms with Crippen molar-refractivity contribution < 1.29 is 4.42 Å². The molecule has 0 radical (unpaired) electrons. The largest absolute Gasteiger partial charge is 0.455 e. The van der Waals surface area contributed by atoms with Gasteiger partial charge in [0.05, 0.1) is 5.52 Å². The summed E-state index contributed by atoms with van der Waals surface area (Å²) in [5.74, 6) is 0. The van der Waals surface area contributed by atoms with Gasteiger partial charge < -0.3 is 9.40 Å². The van der Waals surface area contributed by atoms with Gasteiger partial charge in [-0.3, -0.25) is 4.79 Å². The Bertz CT molecular complexity index is 1600. The van der Waals surface area contributed by atoms with Crippen LogP contribution >= 0.6 is 0 Å². The molecule has 0 unspecified atom stereocenters. The fourth-order valence-electron chi connectivity index (χ4n) is 4.25. The van der Waals surface area contributed by atoms with Crippen LogP contribution in [0.5, 0.6) is 0 Å². The highest BCUT2D eigenvalue weighted by molar-refractivity contribution is 6.09. The van der Waals surface area contributed by atoms with Crippen molar-refractivity contribution in [2.45, 2.75) is 0 Å². The van der Waals surface area contributed by atoms with E-state index in [0.717, 1.165) is 49.7 Å². The maximum absolute atomic E-state index is 12.2. The summed E-state index contributed by atoms with van der Waals surface area (Å²) >= 11 is 0. The van der Waals surface area contributed by atoms with Crippen LogP contribution in [0, 0.1) is 0 Å². The van der Waals surface area contributed by atoms with Crippen molar-refractivity contribution in [3.05, 3.63) is 107 Å². The molecule has 0 atom stereocenters. The highest BCUT2D eigenvalue weighted by Crippen LogP contribution is 2.36. The lowest BCUT2D eigenvalue weighted by molar-refractivity contribution is 0.670. The van der Waals surface area contributed by atoms with E-state index in [4.69, 9.17) is 4.42 Å². The summed E-state index contributed by atoms with van der Waals surface area (Å²) < 4.78 is 6.18. The number of aromatic amines is 1. The number of hydrogen-bond acceptors (Lipinski definition) is 2. The minimum Gasteiger partial charge on any atom is -0.455 e. The molecule has 0 spiro atoms. The quantitative estimate of drug-likeness (QED) is 0.357. The molecule has 0 saturated carbocycles. The Hall–Kier alpha value is -4.11. The van der Waals surface area contributed by atoms with E-state index < -0.39 is 0 Å². The van der Waals surface area contributed by atoms with E-state index in [9.17, 15) is 4.79 Å². The summed E-state index contributed by atoms with van der Waals surface area (Å²) in [5.41, 5.74) is 6.92. The summed E-state index contributed by atoms with van der Waals surface area (Å²) in [4.78, 5) is 15.4. The molecule has 0 fully saturated rings. The number of nitrogens with one attached hydrogen (secondary N) is 1. The van der Waals surface area contributed by atoms with E-state index in [1.54, 1.807) is 12.3 Å². The number of fused-ring (bicyclic) bond motifs is 4. The average Bonchev–Trinajstić information content (AvgIpc) is 3.18. The first kappa shape index (κ1) is 16.8. The molecule has 0 aliphatic carbocycles. The Morgan fingerprint density at radius 3 is 2.10 bits per heavy atom. The first-order valence-corrected chi connectivity index (χ1v) is 9.91. The molecule has 3 nitrogen and oxygen atoms in total. The van der Waals surface area contributed by atoms with E-state index in [1.165, 1.54) is 0 Å². The van der Waals surface area contributed by atoms with Gasteiger partial charge in [-0.25, -0.2) is 0 Å². The first-order chi connectivity index (χ1) is 14.8. The average molecular weight is 387 g/mol. The maximum Gasteiger partial charge on any atom is 0.189 e. The molecule has 0 aliphatic rings. The Morgan fingerprint density at radius 1 is 0.600 bits per heavy atom. The highest BCUT2D eigenvalue weighted by Gasteiger charge is 2.12. The normalized spacial score (nSPS) is 11.5. The Balaban J connectivity index is 1.50. The fraction of sp³-hybridized carbons (Fsp3) is 0. The number of benzene rings is 4. The van der Waals surface area contributed by atoms with Gasteiger partial charge in [0.2, 0.25) is 0 Å². The van der Waals surface area contributed by atoms with Crippen molar-refractivity contribution >= 4 is 32.8 Å². The van der Waals surface area contributed by atoms with Gasteiger partial charge in [0.1, 0.15) is 11.2 Å². The molecule has 2 heterocycles. The second-order valence-corrected chi connectivity index (χ2v) is 7.43. The van der Waals surface area contributed by atoms with Crippen molar-refractivity contribution in [1.29, 1.82) is 0 Å². The predicted molar refractivity (Wildman–Crippen MR) is 123 cm³/mol. The minimum absolute atomic E-state index is 0.0267. The van der Waals surface area contributed by atoms with Crippen LogP contribution in [0.25, 0.3) is 55.1 Å². The number of hydrogen-bond donors (Lipinski definition) is 1. The molecule has 2 aromatic heterocycles. The van der Waals surface area contributed by atoms with Gasteiger partial charge in [-0.1, -0.05) is 72.8 Å². The van der Waals surface area contributed by atoms with E-state index >= 15 is 0 Å². The third kappa shape index (κ3) is 2.49. The van der Waals surface area contributed by atoms with Crippen LogP contribution in [-0.4, -0.2) is 4.98 Å². The lowest BCUT2D eigenvalue weighted by Gasteiger charge is -2.08. The van der Waals surface area contributed by atoms with Crippen molar-refractivity contribution in [3.63, 3.8) is 0 Å². The number of H-pyrrole nitrogens is 1. The second-order valence-electron chi connectivity index (χ2n) is 7.43. The number of para-hydroxylation sites is 3. The summed E-state index contributed by atoms with van der Waals surface area (Å²) in [6.07, 6.45) is 1.70. The number of pyridine rings is 1. The molecule has 0 saturated heterocycles. The van der Waals surface area contributed by atoms with Gasteiger partial charge in [-0.05, 0) is 23.3 Å². The van der Waals surface area contributed by atoms with Gasteiger partial charge >= 0.3 is 0 Å². The molecule has 1 N–H and O–H groups in total. The van der Waals surface area contributed by atoms with E-state index in [2.05, 4.69) is 53.5 Å². The highest BCUT2D eigenvalue weighted by atomic mass is 16.3. The SMILES string of the molecule is O=c1cc[nH]c2c(-c3ccc(-c4cccc5c4oc4ccccc45)cc3)cccc12. The zero-order chi connectivity index (χ0) is 20.1. The third-order valence-corrected chi connectivity index (χ3v) is 5.70. The zero-order valence-electron chi connectivity index (χ0n) is 16.1. The number of aromatic nitrogens is 1. The van der Waals surface area contributed by atoms with Crippen LogP contribution in [0.15, 0.2) is 106 Å². The molecule has 3 heteroatoms. The van der Waals surface area contributed by atoms with Crippen molar-refractivity contribution in [2.24, 2.45) is 0 Å². The molecule has 142 valence electrons. The lowest BCUT2D eigenvalue weighted by Crippen LogP contribution is -2.00. The molecule has 6 rings (SSSR count). The standard InChI is InChI=1S/C27H17NO2/c29-24-15-16-28-26-19(6-3-9-23(24)26)17-11-13-18(14-12-17)20-7-4-8-22-21-5-1-2-10-25(21)30-27(20)22/h1-16H,(H,28,29). The van der Waals surface area contributed by atoms with Crippen molar-refractivity contribution in [3.8, 4) is 22.3 Å². The van der Waals surface area contributed by atoms with Gasteiger partial charge in [-0.15, -0.1) is 0 Å². The molecule has 6 aromatic rings. The minimum atomic E-state index is 0.0267. The van der Waals surface area contributed by atoms with Crippen LogP contribution in [0.3, 0.4) is 0 Å². The molecule has 0 bridgehead atoms. The fourth-order valence-corrected chi connectivity index (χ4v) is 4.25. The maximum atomic E-state index is 12.2. The Morgan fingerprint density at radius 2 is 1.27 bits per heavy atom. The molecular weight excluding hydrogens is 370 g/mol. The predicted octanol–water partition coefficient (Wildman–Crippen LogP) is 6.76. The van der Waals surface area contributed by atoms with Gasteiger partial charge in [0, 0.05) is 39.5 Å². The Kier molecular flexibility index (Phi) is 3.62. The Labute approximate surface area is 172 Å². The zero-order valence-corrected chi connectivity index (χ0v) is 16.1. The summed E-state index contributed by atoms with van der Waals surface area (Å²) in [6, 6.07) is 30.2. The second kappa shape index (κ2) is 6.46. The monoisotopic (exact) mass is 387 g/mol. The van der Waals surface area contributed by atoms with Crippen LogP contribution < -0.4 is 5.43 Å². The van der Waals surface area contributed by atoms with Crippen LogP contribution in [0.1, 0.15) is 0 Å². The smallest absolute Gasteiger partial charge is 0.189 e. The third-order valence-electron chi connectivity index (χ3n) is 5.70.